The van der Waals surface area contributed by atoms with E-state index >= 15 is 0 Å². The van der Waals surface area contributed by atoms with Gasteiger partial charge in [0.05, 0.1) is 6.04 Å². The number of hydrogen-bond acceptors (Lipinski definition) is 3. The molecule has 3 aliphatic rings. The third kappa shape index (κ3) is 3.59. The lowest BCUT2D eigenvalue weighted by Crippen LogP contribution is -2.45. The van der Waals surface area contributed by atoms with E-state index < -0.39 is 0 Å². The first kappa shape index (κ1) is 15.3. The molecule has 0 radical (unpaired) electrons. The van der Waals surface area contributed by atoms with E-state index in [-0.39, 0.29) is 11.9 Å². The normalized spacial score (nSPS) is 28.0. The molecule has 120 valence electrons. The Hall–Kier alpha value is -0.610. The lowest BCUT2D eigenvalue weighted by molar-refractivity contribution is -0.132. The lowest BCUT2D eigenvalue weighted by Gasteiger charge is -2.33. The summed E-state index contributed by atoms with van der Waals surface area (Å²) in [7, 11) is 0. The van der Waals surface area contributed by atoms with Crippen molar-refractivity contribution in [3.63, 3.8) is 0 Å². The highest BCUT2D eigenvalue weighted by Crippen LogP contribution is 2.40. The number of nitrogens with two attached hydrogens (primary N) is 1. The minimum absolute atomic E-state index is 0.198. The van der Waals surface area contributed by atoms with E-state index in [1.54, 1.807) is 0 Å². The number of likely N-dealkylation sites (tertiary alicyclic amines) is 1. The fourth-order valence-corrected chi connectivity index (χ4v) is 4.45. The Morgan fingerprint density at radius 1 is 1.19 bits per heavy atom. The summed E-state index contributed by atoms with van der Waals surface area (Å²) in [4.78, 5) is 14.7. The van der Waals surface area contributed by atoms with Crippen molar-refractivity contribution in [1.82, 2.24) is 4.90 Å². The van der Waals surface area contributed by atoms with Gasteiger partial charge in [0, 0.05) is 26.3 Å². The van der Waals surface area contributed by atoms with E-state index in [4.69, 9.17) is 10.5 Å². The van der Waals surface area contributed by atoms with E-state index in [1.165, 1.54) is 32.1 Å². The average molecular weight is 294 g/mol. The van der Waals surface area contributed by atoms with Crippen LogP contribution in [0.3, 0.4) is 0 Å². The van der Waals surface area contributed by atoms with Crippen LogP contribution in [-0.2, 0) is 9.53 Å². The van der Waals surface area contributed by atoms with Crippen LogP contribution in [0.25, 0.3) is 0 Å². The van der Waals surface area contributed by atoms with Crippen LogP contribution in [-0.4, -0.2) is 43.2 Å². The van der Waals surface area contributed by atoms with Crippen LogP contribution in [0.5, 0.6) is 0 Å². The predicted molar refractivity (Wildman–Crippen MR) is 82.9 cm³/mol. The summed E-state index contributed by atoms with van der Waals surface area (Å²) in [6, 6.07) is -0.275. The molecule has 1 spiro atoms. The molecule has 1 unspecified atom stereocenters. The molecule has 2 heterocycles. The molecule has 1 amide bonds. The van der Waals surface area contributed by atoms with Crippen molar-refractivity contribution in [2.45, 2.75) is 63.8 Å². The number of rotatable bonds is 3. The van der Waals surface area contributed by atoms with Crippen molar-refractivity contribution >= 4 is 5.91 Å². The second-order valence-corrected chi connectivity index (χ2v) is 7.47. The Bertz CT molecular complexity index is 360. The summed E-state index contributed by atoms with van der Waals surface area (Å²) in [6.07, 6.45) is 10.8. The van der Waals surface area contributed by atoms with E-state index in [0.717, 1.165) is 52.0 Å². The second-order valence-electron chi connectivity index (χ2n) is 7.47. The van der Waals surface area contributed by atoms with E-state index in [1.807, 2.05) is 4.90 Å². The van der Waals surface area contributed by atoms with Crippen molar-refractivity contribution in [2.24, 2.45) is 17.1 Å². The summed E-state index contributed by atoms with van der Waals surface area (Å²) in [5.74, 6) is 0.876. The highest BCUT2D eigenvalue weighted by molar-refractivity contribution is 5.82. The third-order valence-electron chi connectivity index (χ3n) is 5.93. The minimum atomic E-state index is -0.275. The van der Waals surface area contributed by atoms with Crippen LogP contribution in [0.15, 0.2) is 0 Å². The Kier molecular flexibility index (Phi) is 4.85. The van der Waals surface area contributed by atoms with Crippen molar-refractivity contribution < 1.29 is 9.53 Å². The molecular formula is C17H30N2O2. The molecule has 2 aliphatic heterocycles. The zero-order valence-electron chi connectivity index (χ0n) is 13.2. The molecule has 2 saturated heterocycles. The molecule has 1 aliphatic carbocycles. The topological polar surface area (TPSA) is 55.6 Å². The molecule has 0 aromatic heterocycles. The van der Waals surface area contributed by atoms with Crippen molar-refractivity contribution in [3.8, 4) is 0 Å². The third-order valence-corrected chi connectivity index (χ3v) is 5.93. The molecule has 21 heavy (non-hydrogen) atoms. The predicted octanol–water partition coefficient (Wildman–Crippen LogP) is 2.31. The zero-order valence-corrected chi connectivity index (χ0v) is 13.2. The van der Waals surface area contributed by atoms with Gasteiger partial charge in [-0.25, -0.2) is 0 Å². The van der Waals surface area contributed by atoms with Crippen LogP contribution >= 0.6 is 0 Å². The van der Waals surface area contributed by atoms with Crippen LogP contribution in [0.4, 0.5) is 0 Å². The summed E-state index contributed by atoms with van der Waals surface area (Å²) < 4.78 is 5.47. The van der Waals surface area contributed by atoms with E-state index in [0.29, 0.717) is 11.3 Å². The van der Waals surface area contributed by atoms with Gasteiger partial charge in [-0.05, 0) is 37.0 Å². The summed E-state index contributed by atoms with van der Waals surface area (Å²) >= 11 is 0. The molecule has 1 saturated carbocycles. The fourth-order valence-electron chi connectivity index (χ4n) is 4.45. The average Bonchev–Trinajstić information content (AvgIpc) is 2.92. The monoisotopic (exact) mass is 294 g/mol. The van der Waals surface area contributed by atoms with Crippen molar-refractivity contribution in [3.05, 3.63) is 0 Å². The van der Waals surface area contributed by atoms with E-state index in [2.05, 4.69) is 0 Å². The molecule has 3 fully saturated rings. The van der Waals surface area contributed by atoms with Gasteiger partial charge in [-0.15, -0.1) is 0 Å². The van der Waals surface area contributed by atoms with Gasteiger partial charge in [0.15, 0.2) is 0 Å². The first-order chi connectivity index (χ1) is 10.2. The molecule has 0 aromatic rings. The quantitative estimate of drug-likeness (QED) is 0.869. The maximum Gasteiger partial charge on any atom is 0.239 e. The van der Waals surface area contributed by atoms with Gasteiger partial charge in [-0.1, -0.05) is 32.1 Å². The Morgan fingerprint density at radius 2 is 1.90 bits per heavy atom. The van der Waals surface area contributed by atoms with Crippen molar-refractivity contribution in [2.75, 3.05) is 26.3 Å². The van der Waals surface area contributed by atoms with Gasteiger partial charge in [0.1, 0.15) is 0 Å². The van der Waals surface area contributed by atoms with Gasteiger partial charge in [-0.3, -0.25) is 4.79 Å². The maximum atomic E-state index is 12.6. The minimum Gasteiger partial charge on any atom is -0.381 e. The number of nitrogens with zero attached hydrogens (tertiary/aromatic N) is 1. The van der Waals surface area contributed by atoms with Crippen LogP contribution in [0.1, 0.15) is 57.8 Å². The summed E-state index contributed by atoms with van der Waals surface area (Å²) in [5.41, 5.74) is 6.56. The van der Waals surface area contributed by atoms with Gasteiger partial charge in [-0.2, -0.15) is 0 Å². The largest absolute Gasteiger partial charge is 0.381 e. The smallest absolute Gasteiger partial charge is 0.239 e. The van der Waals surface area contributed by atoms with Crippen LogP contribution in [0.2, 0.25) is 0 Å². The fraction of sp³-hybridized carbons (Fsp3) is 0.941. The SMILES string of the molecule is NC(CC1CCCCC1)C(=O)N1CCC2(CCOCC2)C1. The maximum absolute atomic E-state index is 12.6. The molecule has 4 nitrogen and oxygen atoms in total. The number of amides is 1. The van der Waals surface area contributed by atoms with Crippen LogP contribution in [0, 0.1) is 11.3 Å². The molecule has 0 bridgehead atoms. The molecule has 2 N–H and O–H groups in total. The Morgan fingerprint density at radius 3 is 2.62 bits per heavy atom. The van der Waals surface area contributed by atoms with Gasteiger partial charge in [0.2, 0.25) is 5.91 Å². The number of carbonyl (C=O) groups is 1. The number of carbonyl (C=O) groups excluding carboxylic acids is 1. The molecule has 0 aromatic carbocycles. The molecule has 1 atom stereocenters. The second kappa shape index (κ2) is 6.66. The summed E-state index contributed by atoms with van der Waals surface area (Å²) in [6.45, 7) is 3.52. The van der Waals surface area contributed by atoms with Gasteiger partial charge in [0.25, 0.3) is 0 Å². The van der Waals surface area contributed by atoms with Gasteiger partial charge >= 0.3 is 0 Å². The lowest BCUT2D eigenvalue weighted by atomic mass is 9.80. The number of hydrogen-bond donors (Lipinski definition) is 1. The Labute approximate surface area is 128 Å². The zero-order chi connectivity index (χ0) is 14.7. The van der Waals surface area contributed by atoms with Gasteiger partial charge < -0.3 is 15.4 Å². The first-order valence-electron chi connectivity index (χ1n) is 8.81. The Balaban J connectivity index is 1.50. The highest BCUT2D eigenvalue weighted by Gasteiger charge is 2.41. The van der Waals surface area contributed by atoms with Crippen LogP contribution < -0.4 is 5.73 Å². The van der Waals surface area contributed by atoms with Crippen molar-refractivity contribution in [1.29, 1.82) is 0 Å². The molecular weight excluding hydrogens is 264 g/mol. The first-order valence-corrected chi connectivity index (χ1v) is 8.81. The molecule has 3 rings (SSSR count). The number of ether oxygens (including phenoxy) is 1. The standard InChI is InChI=1S/C17H30N2O2/c18-15(12-14-4-2-1-3-5-14)16(20)19-9-6-17(13-19)7-10-21-11-8-17/h14-15H,1-13,18H2. The van der Waals surface area contributed by atoms with E-state index in [9.17, 15) is 4.79 Å². The molecule has 4 heteroatoms. The summed E-state index contributed by atoms with van der Waals surface area (Å²) in [5, 5.41) is 0. The highest BCUT2D eigenvalue weighted by atomic mass is 16.5.